The van der Waals surface area contributed by atoms with Crippen molar-refractivity contribution in [3.63, 3.8) is 0 Å². The number of H-pyrrole nitrogens is 1. The fourth-order valence-corrected chi connectivity index (χ4v) is 4.10. The number of halogens is 1. The first-order valence-corrected chi connectivity index (χ1v) is 10.6. The molecule has 0 amide bonds. The summed E-state index contributed by atoms with van der Waals surface area (Å²) in [7, 11) is 0. The quantitative estimate of drug-likeness (QED) is 0.505. The van der Waals surface area contributed by atoms with Crippen LogP contribution in [0.3, 0.4) is 0 Å². The number of aromatic amines is 1. The van der Waals surface area contributed by atoms with E-state index < -0.39 is 0 Å². The Hall–Kier alpha value is -3.29. The number of rotatable bonds is 6. The van der Waals surface area contributed by atoms with Crippen LogP contribution in [-0.4, -0.2) is 34.0 Å². The van der Waals surface area contributed by atoms with Gasteiger partial charge in [-0.1, -0.05) is 18.2 Å². The molecule has 2 aromatic carbocycles. The molecule has 1 aliphatic rings. The lowest BCUT2D eigenvalue weighted by atomic mass is 10.1. The van der Waals surface area contributed by atoms with E-state index in [9.17, 15) is 9.18 Å². The van der Waals surface area contributed by atoms with Gasteiger partial charge in [0.2, 0.25) is 0 Å². The first-order chi connectivity index (χ1) is 15.2. The Bertz CT molecular complexity index is 1240. The molecule has 1 saturated heterocycles. The highest BCUT2D eigenvalue weighted by Crippen LogP contribution is 2.28. The lowest BCUT2D eigenvalue weighted by molar-refractivity contribution is -0.676. The van der Waals surface area contributed by atoms with Gasteiger partial charge in [-0.05, 0) is 55.3 Å². The predicted octanol–water partition coefficient (Wildman–Crippen LogP) is 2.76. The summed E-state index contributed by atoms with van der Waals surface area (Å²) < 4.78 is 20.9. The van der Waals surface area contributed by atoms with Crippen molar-refractivity contribution in [2.75, 3.05) is 13.2 Å². The number of para-hydroxylation sites is 1. The third-order valence-corrected chi connectivity index (χ3v) is 5.70. The topological polar surface area (TPSA) is 76.5 Å². The van der Waals surface area contributed by atoms with E-state index in [4.69, 9.17) is 9.84 Å². The van der Waals surface area contributed by atoms with Gasteiger partial charge in [0.25, 0.3) is 5.56 Å². The van der Waals surface area contributed by atoms with E-state index in [1.807, 2.05) is 36.4 Å². The van der Waals surface area contributed by atoms with Gasteiger partial charge in [-0.25, -0.2) is 9.07 Å². The van der Waals surface area contributed by atoms with E-state index in [-0.39, 0.29) is 17.5 Å². The molecular weight excluding hydrogens is 395 g/mol. The molecule has 0 radical (unpaired) electrons. The number of nitrogens with zero attached hydrogens (tertiary/aromatic N) is 2. The number of hydrogen-bond donors (Lipinski definition) is 2. The Kier molecular flexibility index (Phi) is 5.36. The Labute approximate surface area is 178 Å². The highest BCUT2D eigenvalue weighted by Gasteiger charge is 2.19. The van der Waals surface area contributed by atoms with Gasteiger partial charge in [0.05, 0.1) is 11.3 Å². The average molecular weight is 419 g/mol. The summed E-state index contributed by atoms with van der Waals surface area (Å²) in [6.07, 6.45) is 2.44. The van der Waals surface area contributed by atoms with Gasteiger partial charge >= 0.3 is 0 Å². The van der Waals surface area contributed by atoms with Crippen molar-refractivity contribution in [1.82, 2.24) is 14.8 Å². The van der Waals surface area contributed by atoms with E-state index in [2.05, 4.69) is 10.3 Å². The number of nitrogens with two attached hydrogens (primary N) is 1. The number of ether oxygens (including phenoxy) is 1. The minimum atomic E-state index is -0.298. The second kappa shape index (κ2) is 8.45. The van der Waals surface area contributed by atoms with Crippen molar-refractivity contribution in [2.45, 2.75) is 25.5 Å². The fraction of sp³-hybridized carbons (Fsp3) is 0.250. The SMILES string of the molecule is O=c1[nH]c2c(cc1C[NH2+]C[C@H]1CCCO1)c(-c1ccc(F)cc1)nn2-c1ccccc1. The monoisotopic (exact) mass is 419 g/mol. The Balaban J connectivity index is 1.56. The summed E-state index contributed by atoms with van der Waals surface area (Å²) in [4.78, 5) is 15.9. The lowest BCUT2D eigenvalue weighted by Gasteiger charge is -2.08. The van der Waals surface area contributed by atoms with Crippen molar-refractivity contribution in [3.8, 4) is 16.9 Å². The number of pyridine rings is 1. The van der Waals surface area contributed by atoms with Crippen LogP contribution in [-0.2, 0) is 11.3 Å². The van der Waals surface area contributed by atoms with Crippen LogP contribution in [0.5, 0.6) is 0 Å². The highest BCUT2D eigenvalue weighted by molar-refractivity contribution is 5.92. The van der Waals surface area contributed by atoms with E-state index in [0.717, 1.165) is 42.6 Å². The van der Waals surface area contributed by atoms with Crippen LogP contribution < -0.4 is 10.9 Å². The molecule has 2 aromatic heterocycles. The normalized spacial score (nSPS) is 16.2. The van der Waals surface area contributed by atoms with Crippen LogP contribution in [0.4, 0.5) is 4.39 Å². The van der Waals surface area contributed by atoms with Gasteiger partial charge in [0.1, 0.15) is 36.4 Å². The maximum absolute atomic E-state index is 13.5. The molecule has 0 saturated carbocycles. The van der Waals surface area contributed by atoms with E-state index >= 15 is 0 Å². The van der Waals surface area contributed by atoms with Crippen LogP contribution >= 0.6 is 0 Å². The average Bonchev–Trinajstić information content (AvgIpc) is 3.43. The minimum absolute atomic E-state index is 0.126. The van der Waals surface area contributed by atoms with E-state index in [1.165, 1.54) is 12.1 Å². The molecule has 1 fully saturated rings. The first kappa shape index (κ1) is 19.7. The second-order valence-electron chi connectivity index (χ2n) is 7.85. The minimum Gasteiger partial charge on any atom is -0.372 e. The van der Waals surface area contributed by atoms with Crippen molar-refractivity contribution in [1.29, 1.82) is 0 Å². The predicted molar refractivity (Wildman–Crippen MR) is 117 cm³/mol. The highest BCUT2D eigenvalue weighted by atomic mass is 19.1. The molecule has 0 spiro atoms. The van der Waals surface area contributed by atoms with E-state index in [0.29, 0.717) is 23.4 Å². The molecule has 1 aliphatic heterocycles. The summed E-state index contributed by atoms with van der Waals surface area (Å²) in [6, 6.07) is 17.8. The van der Waals surface area contributed by atoms with Crippen molar-refractivity contribution in [2.24, 2.45) is 0 Å². The van der Waals surface area contributed by atoms with Gasteiger partial charge in [-0.15, -0.1) is 0 Å². The van der Waals surface area contributed by atoms with Gasteiger partial charge < -0.3 is 15.0 Å². The van der Waals surface area contributed by atoms with Crippen molar-refractivity contribution in [3.05, 3.63) is 82.4 Å². The van der Waals surface area contributed by atoms with Crippen molar-refractivity contribution >= 4 is 11.0 Å². The maximum atomic E-state index is 13.5. The molecule has 31 heavy (non-hydrogen) atoms. The van der Waals surface area contributed by atoms with Crippen LogP contribution in [0, 0.1) is 5.82 Å². The summed E-state index contributed by atoms with van der Waals surface area (Å²) in [5.74, 6) is -0.298. The van der Waals surface area contributed by atoms with Gasteiger partial charge in [0, 0.05) is 17.6 Å². The lowest BCUT2D eigenvalue weighted by Crippen LogP contribution is -2.85. The van der Waals surface area contributed by atoms with Gasteiger partial charge in [-0.2, -0.15) is 5.10 Å². The molecule has 1 atom stereocenters. The number of nitrogens with one attached hydrogen (secondary N) is 1. The van der Waals surface area contributed by atoms with Crippen LogP contribution in [0.1, 0.15) is 18.4 Å². The number of aromatic nitrogens is 3. The second-order valence-corrected chi connectivity index (χ2v) is 7.85. The summed E-state index contributed by atoms with van der Waals surface area (Å²) in [5, 5.41) is 7.72. The molecule has 7 heteroatoms. The molecule has 0 aliphatic carbocycles. The zero-order valence-corrected chi connectivity index (χ0v) is 17.1. The first-order valence-electron chi connectivity index (χ1n) is 10.6. The third kappa shape index (κ3) is 4.02. The molecule has 3 heterocycles. The number of fused-ring (bicyclic) bond motifs is 1. The molecule has 5 rings (SSSR count). The molecule has 158 valence electrons. The van der Waals surface area contributed by atoms with Crippen molar-refractivity contribution < 1.29 is 14.4 Å². The third-order valence-electron chi connectivity index (χ3n) is 5.70. The molecule has 6 nitrogen and oxygen atoms in total. The summed E-state index contributed by atoms with van der Waals surface area (Å²) >= 11 is 0. The molecule has 3 N–H and O–H groups in total. The van der Waals surface area contributed by atoms with Gasteiger partial charge in [-0.3, -0.25) is 4.79 Å². The Morgan fingerprint density at radius 3 is 2.71 bits per heavy atom. The molecule has 4 aromatic rings. The van der Waals surface area contributed by atoms with Crippen LogP contribution in [0.15, 0.2) is 65.5 Å². The van der Waals surface area contributed by atoms with Crippen LogP contribution in [0.2, 0.25) is 0 Å². The number of quaternary nitrogens is 1. The maximum Gasteiger partial charge on any atom is 0.258 e. The fourth-order valence-electron chi connectivity index (χ4n) is 4.10. The number of benzene rings is 2. The zero-order chi connectivity index (χ0) is 21.2. The number of hydrogen-bond acceptors (Lipinski definition) is 3. The van der Waals surface area contributed by atoms with Gasteiger partial charge in [0.15, 0.2) is 0 Å². The molecular formula is C24H24FN4O2+. The van der Waals surface area contributed by atoms with E-state index in [1.54, 1.807) is 16.8 Å². The van der Waals surface area contributed by atoms with Crippen LogP contribution in [0.25, 0.3) is 28.0 Å². The zero-order valence-electron chi connectivity index (χ0n) is 17.1. The molecule has 0 bridgehead atoms. The standard InChI is InChI=1S/C24H23FN4O2/c25-18-10-8-16(9-11-18)22-21-13-17(14-26-15-20-7-4-12-31-20)24(30)27-23(21)29(28-22)19-5-2-1-3-6-19/h1-3,5-6,8-11,13,20,26H,4,7,12,14-15H2,(H,27,30)/p+1/t20-/m1/s1. The Morgan fingerprint density at radius 2 is 1.97 bits per heavy atom. The molecule has 0 unspecified atom stereocenters. The Morgan fingerprint density at radius 1 is 1.16 bits per heavy atom. The summed E-state index contributed by atoms with van der Waals surface area (Å²) in [5.41, 5.74) is 3.52. The smallest absolute Gasteiger partial charge is 0.258 e. The largest absolute Gasteiger partial charge is 0.372 e. The summed E-state index contributed by atoms with van der Waals surface area (Å²) in [6.45, 7) is 2.22.